The first-order chi connectivity index (χ1) is 13.9. The Hall–Kier alpha value is -2.89. The molecule has 1 fully saturated rings. The highest BCUT2D eigenvalue weighted by atomic mass is 16.1. The van der Waals surface area contributed by atoms with E-state index >= 15 is 0 Å². The third-order valence-corrected chi connectivity index (χ3v) is 5.64. The Morgan fingerprint density at radius 3 is 2.62 bits per heavy atom. The fraction of sp³-hybridized carbons (Fsp3) is 0.435. The summed E-state index contributed by atoms with van der Waals surface area (Å²) in [5.74, 6) is 0.787. The van der Waals surface area contributed by atoms with Crippen LogP contribution in [-0.2, 0) is 7.05 Å². The van der Waals surface area contributed by atoms with Gasteiger partial charge in [-0.05, 0) is 43.9 Å². The van der Waals surface area contributed by atoms with E-state index in [0.29, 0.717) is 23.9 Å². The normalized spacial score (nSPS) is 14.9. The van der Waals surface area contributed by atoms with E-state index in [2.05, 4.69) is 29.6 Å². The molecular weight excluding hydrogens is 362 g/mol. The van der Waals surface area contributed by atoms with E-state index in [1.807, 2.05) is 50.4 Å². The second-order valence-electron chi connectivity index (χ2n) is 8.35. The van der Waals surface area contributed by atoms with Gasteiger partial charge in [0.05, 0.1) is 16.6 Å². The van der Waals surface area contributed by atoms with Gasteiger partial charge in [0.1, 0.15) is 0 Å². The first-order valence-electron chi connectivity index (χ1n) is 10.4. The number of para-hydroxylation sites is 1. The molecular formula is C23H29N5O. The average molecular weight is 392 g/mol. The lowest BCUT2D eigenvalue weighted by Crippen LogP contribution is -2.39. The summed E-state index contributed by atoms with van der Waals surface area (Å²) in [7, 11) is 1.89. The fourth-order valence-electron chi connectivity index (χ4n) is 3.73. The zero-order valence-electron chi connectivity index (χ0n) is 17.6. The highest BCUT2D eigenvalue weighted by Gasteiger charge is 2.28. The van der Waals surface area contributed by atoms with E-state index in [0.717, 1.165) is 41.0 Å². The van der Waals surface area contributed by atoms with E-state index in [1.165, 1.54) is 0 Å². The van der Waals surface area contributed by atoms with E-state index < -0.39 is 0 Å². The second-order valence-corrected chi connectivity index (χ2v) is 8.35. The largest absolute Gasteiger partial charge is 0.380 e. The van der Waals surface area contributed by atoms with Gasteiger partial charge in [0.2, 0.25) is 0 Å². The zero-order chi connectivity index (χ0) is 20.5. The molecule has 1 aromatic carbocycles. The molecule has 2 N–H and O–H groups in total. The summed E-state index contributed by atoms with van der Waals surface area (Å²) >= 11 is 0. The summed E-state index contributed by atoms with van der Waals surface area (Å²) in [5.41, 5.74) is 4.38. The number of anilines is 1. The molecule has 1 atom stereocenters. The number of pyridine rings is 1. The number of rotatable bonds is 7. The standard InChI is InChI=1S/C23H29N5O/c1-14(2)20(25-17-8-6-5-7-9-17)13-24-23(29)18-12-19(16-10-11-16)26-22-21(18)15(3)27-28(22)4/h5-9,12,14,16,20,25H,10-11,13H2,1-4H3,(H,24,29)/t20-/m0/s1. The number of nitrogens with zero attached hydrogens (tertiary/aromatic N) is 3. The van der Waals surface area contributed by atoms with Crippen LogP contribution in [0.3, 0.4) is 0 Å². The molecule has 6 nitrogen and oxygen atoms in total. The minimum atomic E-state index is -0.0593. The van der Waals surface area contributed by atoms with Crippen molar-refractivity contribution in [1.29, 1.82) is 0 Å². The van der Waals surface area contributed by atoms with Crippen LogP contribution < -0.4 is 10.6 Å². The van der Waals surface area contributed by atoms with Gasteiger partial charge in [-0.1, -0.05) is 32.0 Å². The number of aromatic nitrogens is 3. The third kappa shape index (κ3) is 4.11. The molecule has 0 radical (unpaired) electrons. The van der Waals surface area contributed by atoms with Crippen LogP contribution in [0.5, 0.6) is 0 Å². The lowest BCUT2D eigenvalue weighted by atomic mass is 10.0. The van der Waals surface area contributed by atoms with Crippen molar-refractivity contribution in [3.05, 3.63) is 53.3 Å². The van der Waals surface area contributed by atoms with Gasteiger partial charge >= 0.3 is 0 Å². The van der Waals surface area contributed by atoms with E-state index in [1.54, 1.807) is 4.68 Å². The van der Waals surface area contributed by atoms with Crippen LogP contribution in [0.2, 0.25) is 0 Å². The van der Waals surface area contributed by atoms with Crippen LogP contribution in [0, 0.1) is 12.8 Å². The highest BCUT2D eigenvalue weighted by molar-refractivity contribution is 6.06. The molecule has 3 aromatic rings. The van der Waals surface area contributed by atoms with Gasteiger partial charge < -0.3 is 10.6 Å². The second kappa shape index (κ2) is 7.85. The summed E-state index contributed by atoms with van der Waals surface area (Å²) in [6.45, 7) is 6.81. The van der Waals surface area contributed by atoms with Crippen molar-refractivity contribution in [1.82, 2.24) is 20.1 Å². The zero-order valence-corrected chi connectivity index (χ0v) is 17.6. The molecule has 2 aromatic heterocycles. The lowest BCUT2D eigenvalue weighted by Gasteiger charge is -2.24. The van der Waals surface area contributed by atoms with E-state index in [9.17, 15) is 4.79 Å². The Labute approximate surface area is 171 Å². The molecule has 0 saturated heterocycles. The number of benzene rings is 1. The Kier molecular flexibility index (Phi) is 5.26. The van der Waals surface area contributed by atoms with Crippen LogP contribution in [-0.4, -0.2) is 33.3 Å². The Balaban J connectivity index is 1.56. The molecule has 0 bridgehead atoms. The molecule has 0 aliphatic heterocycles. The minimum absolute atomic E-state index is 0.0593. The molecule has 0 spiro atoms. The van der Waals surface area contributed by atoms with Gasteiger partial charge in [0, 0.05) is 36.9 Å². The number of carbonyl (C=O) groups excluding carboxylic acids is 1. The van der Waals surface area contributed by atoms with Crippen molar-refractivity contribution in [2.75, 3.05) is 11.9 Å². The minimum Gasteiger partial charge on any atom is -0.380 e. The first kappa shape index (κ1) is 19.4. The number of fused-ring (bicyclic) bond motifs is 1. The Morgan fingerprint density at radius 1 is 1.24 bits per heavy atom. The topological polar surface area (TPSA) is 71.8 Å². The van der Waals surface area contributed by atoms with Crippen molar-refractivity contribution in [3.63, 3.8) is 0 Å². The van der Waals surface area contributed by atoms with Crippen molar-refractivity contribution >= 4 is 22.6 Å². The molecule has 4 rings (SSSR count). The summed E-state index contributed by atoms with van der Waals surface area (Å²) in [5, 5.41) is 12.0. The number of amides is 1. The summed E-state index contributed by atoms with van der Waals surface area (Å²) in [4.78, 5) is 18.0. The van der Waals surface area contributed by atoms with Gasteiger partial charge in [-0.25, -0.2) is 4.98 Å². The lowest BCUT2D eigenvalue weighted by molar-refractivity contribution is 0.0951. The maximum Gasteiger partial charge on any atom is 0.252 e. The smallest absolute Gasteiger partial charge is 0.252 e. The number of nitrogens with one attached hydrogen (secondary N) is 2. The molecule has 1 amide bonds. The molecule has 0 unspecified atom stereocenters. The van der Waals surface area contributed by atoms with Crippen LogP contribution in [0.25, 0.3) is 11.0 Å². The fourth-order valence-corrected chi connectivity index (χ4v) is 3.73. The average Bonchev–Trinajstić information content (AvgIpc) is 3.51. The monoisotopic (exact) mass is 391 g/mol. The van der Waals surface area contributed by atoms with Crippen molar-refractivity contribution in [3.8, 4) is 0 Å². The SMILES string of the molecule is Cc1nn(C)c2nc(C3CC3)cc(C(=O)NC[C@H](Nc3ccccc3)C(C)C)c12. The van der Waals surface area contributed by atoms with Gasteiger partial charge in [-0.3, -0.25) is 9.48 Å². The molecule has 29 heavy (non-hydrogen) atoms. The van der Waals surface area contributed by atoms with Crippen LogP contribution >= 0.6 is 0 Å². The summed E-state index contributed by atoms with van der Waals surface area (Å²) in [6, 6.07) is 12.2. The molecule has 6 heteroatoms. The molecule has 2 heterocycles. The quantitative estimate of drug-likeness (QED) is 0.638. The van der Waals surface area contributed by atoms with Crippen LogP contribution in [0.4, 0.5) is 5.69 Å². The van der Waals surface area contributed by atoms with Gasteiger partial charge in [-0.15, -0.1) is 0 Å². The Bertz CT molecular complexity index is 1020. The predicted molar refractivity (Wildman–Crippen MR) is 116 cm³/mol. The summed E-state index contributed by atoms with van der Waals surface area (Å²) < 4.78 is 1.78. The third-order valence-electron chi connectivity index (χ3n) is 5.64. The molecule has 1 saturated carbocycles. The van der Waals surface area contributed by atoms with Gasteiger partial charge in [-0.2, -0.15) is 5.10 Å². The predicted octanol–water partition coefficient (Wildman–Crippen LogP) is 4.02. The van der Waals surface area contributed by atoms with Crippen LogP contribution in [0.15, 0.2) is 36.4 Å². The van der Waals surface area contributed by atoms with Crippen molar-refractivity contribution in [2.24, 2.45) is 13.0 Å². The maximum absolute atomic E-state index is 13.2. The van der Waals surface area contributed by atoms with Crippen molar-refractivity contribution in [2.45, 2.75) is 45.6 Å². The number of aryl methyl sites for hydroxylation is 2. The first-order valence-corrected chi connectivity index (χ1v) is 10.4. The summed E-state index contributed by atoms with van der Waals surface area (Å²) in [6.07, 6.45) is 2.29. The maximum atomic E-state index is 13.2. The molecule has 152 valence electrons. The molecule has 1 aliphatic rings. The van der Waals surface area contributed by atoms with Gasteiger partial charge in [0.25, 0.3) is 5.91 Å². The highest BCUT2D eigenvalue weighted by Crippen LogP contribution is 2.40. The van der Waals surface area contributed by atoms with Crippen molar-refractivity contribution < 1.29 is 4.79 Å². The Morgan fingerprint density at radius 2 is 1.97 bits per heavy atom. The van der Waals surface area contributed by atoms with Crippen LogP contribution in [0.1, 0.15) is 54.4 Å². The number of carbonyl (C=O) groups is 1. The number of hydrogen-bond acceptors (Lipinski definition) is 4. The molecule has 1 aliphatic carbocycles. The number of hydrogen-bond donors (Lipinski definition) is 2. The van der Waals surface area contributed by atoms with Gasteiger partial charge in [0.15, 0.2) is 5.65 Å². The van der Waals surface area contributed by atoms with E-state index in [4.69, 9.17) is 4.98 Å². The van der Waals surface area contributed by atoms with E-state index in [-0.39, 0.29) is 11.9 Å².